The fourth-order valence-electron chi connectivity index (χ4n) is 5.43. The van der Waals surface area contributed by atoms with Crippen LogP contribution in [0.5, 0.6) is 11.5 Å². The molecule has 40 heavy (non-hydrogen) atoms. The van der Waals surface area contributed by atoms with Crippen molar-refractivity contribution in [2.45, 2.75) is 32.2 Å². The van der Waals surface area contributed by atoms with Crippen molar-refractivity contribution >= 4 is 22.9 Å². The van der Waals surface area contributed by atoms with E-state index in [4.69, 9.17) is 14.2 Å². The maximum atomic E-state index is 14.7. The van der Waals surface area contributed by atoms with E-state index in [0.29, 0.717) is 36.5 Å². The first-order valence-corrected chi connectivity index (χ1v) is 13.1. The van der Waals surface area contributed by atoms with Crippen molar-refractivity contribution in [3.05, 3.63) is 82.2 Å². The van der Waals surface area contributed by atoms with E-state index in [1.54, 1.807) is 36.7 Å². The molecule has 0 N–H and O–H groups in total. The molecule has 10 heteroatoms. The number of hydrogen-bond donors (Lipinski definition) is 0. The first-order valence-electron chi connectivity index (χ1n) is 13.1. The van der Waals surface area contributed by atoms with Crippen LogP contribution < -0.4 is 9.47 Å². The van der Waals surface area contributed by atoms with Gasteiger partial charge in [-0.15, -0.1) is 5.10 Å². The average molecular weight is 547 g/mol. The molecule has 0 fully saturated rings. The third kappa shape index (κ3) is 5.09. The molecule has 0 aliphatic carbocycles. The van der Waals surface area contributed by atoms with E-state index < -0.39 is 5.82 Å². The van der Waals surface area contributed by atoms with Gasteiger partial charge in [-0.3, -0.25) is 9.59 Å². The van der Waals surface area contributed by atoms with Gasteiger partial charge in [0.25, 0.3) is 5.91 Å². The summed E-state index contributed by atoms with van der Waals surface area (Å²) in [5, 5.41) is 8.40. The van der Waals surface area contributed by atoms with Gasteiger partial charge < -0.3 is 19.1 Å². The van der Waals surface area contributed by atoms with Gasteiger partial charge in [-0.2, -0.15) is 0 Å². The van der Waals surface area contributed by atoms with E-state index in [-0.39, 0.29) is 36.4 Å². The van der Waals surface area contributed by atoms with Crippen LogP contribution in [0.2, 0.25) is 0 Å². The van der Waals surface area contributed by atoms with Crippen LogP contribution in [0.1, 0.15) is 51.9 Å². The maximum Gasteiger partial charge on any atom is 0.306 e. The first kappa shape index (κ1) is 27.1. The number of esters is 1. The second-order valence-corrected chi connectivity index (χ2v) is 9.67. The van der Waals surface area contributed by atoms with E-state index in [1.807, 2.05) is 30.3 Å². The quantitative estimate of drug-likeness (QED) is 0.302. The number of methoxy groups -OCH3 is 2. The molecule has 1 aromatic heterocycles. The van der Waals surface area contributed by atoms with Crippen LogP contribution in [-0.4, -0.2) is 59.1 Å². The Morgan fingerprint density at radius 2 is 1.93 bits per heavy atom. The van der Waals surface area contributed by atoms with Crippen molar-refractivity contribution in [3.63, 3.8) is 0 Å². The summed E-state index contributed by atoms with van der Waals surface area (Å²) in [5.74, 6) is -0.686. The summed E-state index contributed by atoms with van der Waals surface area (Å²) >= 11 is 0. The highest BCUT2D eigenvalue weighted by Gasteiger charge is 2.29. The predicted molar refractivity (Wildman–Crippen MR) is 146 cm³/mol. The van der Waals surface area contributed by atoms with Crippen LogP contribution in [0.4, 0.5) is 4.39 Å². The number of carbonyl (C=O) groups excluding carboxylic acids is 2. The lowest BCUT2D eigenvalue weighted by Gasteiger charge is -2.32. The number of ether oxygens (including phenoxy) is 3. The van der Waals surface area contributed by atoms with Gasteiger partial charge in [0, 0.05) is 32.1 Å². The first-order chi connectivity index (χ1) is 19.3. The number of aromatic nitrogens is 3. The Morgan fingerprint density at radius 1 is 1.10 bits per heavy atom. The molecular weight excluding hydrogens is 515 g/mol. The van der Waals surface area contributed by atoms with Gasteiger partial charge >= 0.3 is 5.97 Å². The summed E-state index contributed by atoms with van der Waals surface area (Å²) in [6.45, 7) is 2.80. The molecule has 0 saturated heterocycles. The van der Waals surface area contributed by atoms with Gasteiger partial charge in [0.1, 0.15) is 28.3 Å². The van der Waals surface area contributed by atoms with Crippen LogP contribution >= 0.6 is 0 Å². The lowest BCUT2D eigenvalue weighted by Crippen LogP contribution is -2.37. The third-order valence-corrected chi connectivity index (χ3v) is 7.36. The zero-order valence-corrected chi connectivity index (χ0v) is 22.9. The van der Waals surface area contributed by atoms with E-state index in [2.05, 4.69) is 10.3 Å². The van der Waals surface area contributed by atoms with Crippen molar-refractivity contribution in [1.29, 1.82) is 0 Å². The van der Waals surface area contributed by atoms with E-state index >= 15 is 0 Å². The summed E-state index contributed by atoms with van der Waals surface area (Å²) in [7, 11) is 4.84. The van der Waals surface area contributed by atoms with Crippen molar-refractivity contribution in [2.75, 3.05) is 27.4 Å². The summed E-state index contributed by atoms with van der Waals surface area (Å²) in [4.78, 5) is 27.7. The monoisotopic (exact) mass is 546 g/mol. The van der Waals surface area contributed by atoms with Crippen molar-refractivity contribution in [3.8, 4) is 11.5 Å². The largest absolute Gasteiger partial charge is 0.497 e. The Hall–Kier alpha value is -4.47. The second kappa shape index (κ2) is 11.3. The highest BCUT2D eigenvalue weighted by atomic mass is 19.1. The van der Waals surface area contributed by atoms with Crippen LogP contribution in [0.15, 0.2) is 48.5 Å². The molecule has 0 bridgehead atoms. The summed E-state index contributed by atoms with van der Waals surface area (Å²) in [6.07, 6.45) is 0.678. The zero-order chi connectivity index (χ0) is 28.4. The highest BCUT2D eigenvalue weighted by molar-refractivity contribution is 5.94. The number of aryl methyl sites for hydroxylation is 1. The van der Waals surface area contributed by atoms with Gasteiger partial charge in [0.15, 0.2) is 0 Å². The SMILES string of the molecule is CCOC(=O)CC(c1cc(OC)c2c(c1)nnn2C)c1cccc2c1CCN(C(=O)c1ccc(OC)cc1F)C2. The molecular formula is C30H31FN4O5. The third-order valence-electron chi connectivity index (χ3n) is 7.36. The van der Waals surface area contributed by atoms with E-state index in [9.17, 15) is 14.0 Å². The van der Waals surface area contributed by atoms with Crippen molar-refractivity contribution in [2.24, 2.45) is 7.05 Å². The van der Waals surface area contributed by atoms with Gasteiger partial charge in [-0.25, -0.2) is 9.07 Å². The number of benzene rings is 3. The molecule has 0 radical (unpaired) electrons. The fourth-order valence-corrected chi connectivity index (χ4v) is 5.43. The molecule has 0 saturated carbocycles. The van der Waals surface area contributed by atoms with Gasteiger partial charge in [-0.05, 0) is 59.9 Å². The summed E-state index contributed by atoms with van der Waals surface area (Å²) in [5.41, 5.74) is 5.26. The Bertz CT molecular complexity index is 1580. The number of halogens is 1. The number of nitrogens with zero attached hydrogens (tertiary/aromatic N) is 4. The van der Waals surface area contributed by atoms with Crippen LogP contribution in [0, 0.1) is 5.82 Å². The number of rotatable bonds is 8. The normalized spacial score (nSPS) is 13.6. The Morgan fingerprint density at radius 3 is 2.65 bits per heavy atom. The molecule has 1 atom stereocenters. The summed E-state index contributed by atoms with van der Waals surface area (Å²) < 4.78 is 32.4. The van der Waals surface area contributed by atoms with E-state index in [1.165, 1.54) is 19.2 Å². The Labute approximate surface area is 231 Å². The number of fused-ring (bicyclic) bond motifs is 2. The maximum absolute atomic E-state index is 14.7. The number of carbonyl (C=O) groups is 2. The number of amides is 1. The topological polar surface area (TPSA) is 95.8 Å². The zero-order valence-electron chi connectivity index (χ0n) is 22.9. The van der Waals surface area contributed by atoms with Gasteiger partial charge in [0.2, 0.25) is 0 Å². The lowest BCUT2D eigenvalue weighted by atomic mass is 9.82. The molecule has 1 aliphatic rings. The molecule has 9 nitrogen and oxygen atoms in total. The molecule has 1 amide bonds. The summed E-state index contributed by atoms with van der Waals surface area (Å²) in [6, 6.07) is 14.0. The predicted octanol–water partition coefficient (Wildman–Crippen LogP) is 4.41. The Kier molecular flexibility index (Phi) is 7.68. The van der Waals surface area contributed by atoms with E-state index in [0.717, 1.165) is 27.8 Å². The molecule has 2 heterocycles. The molecule has 4 aromatic rings. The molecule has 0 spiro atoms. The second-order valence-electron chi connectivity index (χ2n) is 9.67. The number of hydrogen-bond acceptors (Lipinski definition) is 7. The minimum Gasteiger partial charge on any atom is -0.497 e. The van der Waals surface area contributed by atoms with Crippen LogP contribution in [0.3, 0.4) is 0 Å². The van der Waals surface area contributed by atoms with Crippen molar-refractivity contribution < 1.29 is 28.2 Å². The molecule has 1 aliphatic heterocycles. The standard InChI is InChI=1S/C30H31FN4O5/c1-5-40-28(36)16-24(19-13-26-29(27(14-19)39-4)34(2)33-32-26)22-8-6-7-18-17-35(12-11-21(18)22)30(37)23-10-9-20(38-3)15-25(23)31/h6-10,13-15,24H,5,11-12,16-17H2,1-4H3. The highest BCUT2D eigenvalue weighted by Crippen LogP contribution is 2.38. The van der Waals surface area contributed by atoms with Gasteiger partial charge in [0.05, 0.1) is 32.8 Å². The van der Waals surface area contributed by atoms with Crippen LogP contribution in [0.25, 0.3) is 11.0 Å². The molecule has 1 unspecified atom stereocenters. The average Bonchev–Trinajstić information content (AvgIpc) is 3.35. The smallest absolute Gasteiger partial charge is 0.306 e. The van der Waals surface area contributed by atoms with Crippen LogP contribution in [-0.2, 0) is 29.5 Å². The molecule has 208 valence electrons. The minimum absolute atomic E-state index is 0.00459. The molecule has 5 rings (SSSR count). The van der Waals surface area contributed by atoms with Gasteiger partial charge in [-0.1, -0.05) is 23.4 Å². The van der Waals surface area contributed by atoms with Crippen molar-refractivity contribution in [1.82, 2.24) is 19.9 Å². The minimum atomic E-state index is -0.619. The fraction of sp³-hybridized carbons (Fsp3) is 0.333. The Balaban J connectivity index is 1.52. The molecule has 3 aromatic carbocycles. The lowest BCUT2D eigenvalue weighted by molar-refractivity contribution is -0.143.